The van der Waals surface area contributed by atoms with E-state index in [-0.39, 0.29) is 15.6 Å². The molecule has 0 aliphatic carbocycles. The Morgan fingerprint density at radius 3 is 2.89 bits per heavy atom. The van der Waals surface area contributed by atoms with E-state index in [4.69, 9.17) is 29.6 Å². The summed E-state index contributed by atoms with van der Waals surface area (Å²) in [6.07, 6.45) is 1.94. The summed E-state index contributed by atoms with van der Waals surface area (Å²) in [4.78, 5) is 12.6. The van der Waals surface area contributed by atoms with E-state index >= 15 is 0 Å². The Bertz CT molecular complexity index is 527. The first-order chi connectivity index (χ1) is 8.92. The van der Waals surface area contributed by atoms with Gasteiger partial charge in [0.05, 0.1) is 10.4 Å². The number of carbonyl (C=O) groups is 1. The molecule has 0 spiro atoms. The smallest absolute Gasteiger partial charge is 0.240 e. The van der Waals surface area contributed by atoms with Crippen LogP contribution in [0, 0.1) is 0 Å². The van der Waals surface area contributed by atoms with Crippen molar-refractivity contribution in [3.05, 3.63) is 28.8 Å². The minimum absolute atomic E-state index is 0.0187. The molecule has 19 heavy (non-hydrogen) atoms. The molecule has 0 bridgehead atoms. The maximum Gasteiger partial charge on any atom is 0.240 e. The third-order valence-corrected chi connectivity index (χ3v) is 5.17. The average molecular weight is 315 g/mol. The number of thioether (sulfide) groups is 1. The van der Waals surface area contributed by atoms with Crippen molar-refractivity contribution in [2.45, 2.75) is 24.5 Å². The Kier molecular flexibility index (Phi) is 4.38. The minimum atomic E-state index is -0.379. The van der Waals surface area contributed by atoms with Gasteiger partial charge in [0.1, 0.15) is 4.99 Å². The zero-order valence-corrected chi connectivity index (χ0v) is 12.9. The van der Waals surface area contributed by atoms with Gasteiger partial charge in [-0.1, -0.05) is 23.8 Å². The summed E-state index contributed by atoms with van der Waals surface area (Å²) < 4.78 is -0.379. The van der Waals surface area contributed by atoms with Crippen LogP contribution >= 0.6 is 35.6 Å². The van der Waals surface area contributed by atoms with Crippen LogP contribution in [0.3, 0.4) is 0 Å². The van der Waals surface area contributed by atoms with Crippen LogP contribution in [-0.4, -0.2) is 21.4 Å². The second-order valence-corrected chi connectivity index (χ2v) is 7.17. The van der Waals surface area contributed by atoms with Gasteiger partial charge >= 0.3 is 0 Å². The maximum absolute atomic E-state index is 12.4. The van der Waals surface area contributed by atoms with Crippen LogP contribution in [-0.2, 0) is 4.79 Å². The van der Waals surface area contributed by atoms with Crippen LogP contribution in [0.5, 0.6) is 0 Å². The van der Waals surface area contributed by atoms with Gasteiger partial charge in [-0.15, -0.1) is 11.8 Å². The number of hydrogen-bond donors (Lipinski definition) is 2. The Labute approximate surface area is 127 Å². The second-order valence-electron chi connectivity index (χ2n) is 4.69. The SMILES string of the molecule is CC1(C(=O)Nc2cc(Cl)ccc2C(N)=S)CCCS1. The standard InChI is InChI=1S/C13H15ClN2OS2/c1-13(5-2-6-19-13)12(17)16-10-7-8(14)3-4-9(10)11(15)18/h3-4,7H,2,5-6H2,1H3,(H2,15,18)(H,16,17). The third kappa shape index (κ3) is 3.22. The number of hydrogen-bond acceptors (Lipinski definition) is 3. The van der Waals surface area contributed by atoms with Gasteiger partial charge in [0.2, 0.25) is 5.91 Å². The lowest BCUT2D eigenvalue weighted by Gasteiger charge is -2.22. The maximum atomic E-state index is 12.4. The number of rotatable bonds is 3. The van der Waals surface area contributed by atoms with E-state index in [1.54, 1.807) is 30.0 Å². The molecular formula is C13H15ClN2OS2. The zero-order chi connectivity index (χ0) is 14.0. The number of benzene rings is 1. The van der Waals surface area contributed by atoms with E-state index < -0.39 is 0 Å². The minimum Gasteiger partial charge on any atom is -0.389 e. The van der Waals surface area contributed by atoms with Gasteiger partial charge in [0.25, 0.3) is 0 Å². The highest BCUT2D eigenvalue weighted by Crippen LogP contribution is 2.38. The quantitative estimate of drug-likeness (QED) is 0.841. The Morgan fingerprint density at radius 2 is 2.32 bits per heavy atom. The fourth-order valence-electron chi connectivity index (χ4n) is 2.05. The summed E-state index contributed by atoms with van der Waals surface area (Å²) in [7, 11) is 0. The van der Waals surface area contributed by atoms with Gasteiger partial charge in [0.15, 0.2) is 0 Å². The van der Waals surface area contributed by atoms with Gasteiger partial charge in [-0.05, 0) is 43.7 Å². The van der Waals surface area contributed by atoms with E-state index in [1.807, 2.05) is 6.92 Å². The summed E-state index contributed by atoms with van der Waals surface area (Å²) in [6, 6.07) is 5.11. The molecule has 0 saturated carbocycles. The van der Waals surface area contributed by atoms with Crippen LogP contribution in [0.1, 0.15) is 25.3 Å². The predicted molar refractivity (Wildman–Crippen MR) is 86.1 cm³/mol. The largest absolute Gasteiger partial charge is 0.389 e. The van der Waals surface area contributed by atoms with Crippen molar-refractivity contribution in [3.8, 4) is 0 Å². The molecule has 1 fully saturated rings. The van der Waals surface area contributed by atoms with Crippen molar-refractivity contribution in [1.29, 1.82) is 0 Å². The van der Waals surface area contributed by atoms with Gasteiger partial charge in [0, 0.05) is 10.6 Å². The summed E-state index contributed by atoms with van der Waals surface area (Å²) in [5, 5.41) is 3.44. The third-order valence-electron chi connectivity index (χ3n) is 3.19. The molecule has 3 N–H and O–H groups in total. The van der Waals surface area contributed by atoms with Crippen LogP contribution in [0.2, 0.25) is 5.02 Å². The summed E-state index contributed by atoms with van der Waals surface area (Å²) in [5.74, 6) is 0.997. The van der Waals surface area contributed by atoms with Crippen molar-refractivity contribution in [2.75, 3.05) is 11.1 Å². The molecule has 1 heterocycles. The molecule has 1 saturated heterocycles. The molecule has 0 radical (unpaired) electrons. The van der Waals surface area contributed by atoms with E-state index in [0.29, 0.717) is 16.3 Å². The Morgan fingerprint density at radius 1 is 1.58 bits per heavy atom. The molecular weight excluding hydrogens is 300 g/mol. The van der Waals surface area contributed by atoms with Crippen molar-refractivity contribution in [3.63, 3.8) is 0 Å². The van der Waals surface area contributed by atoms with Gasteiger partial charge in [-0.25, -0.2) is 0 Å². The fourth-order valence-corrected chi connectivity index (χ4v) is 3.61. The molecule has 3 nitrogen and oxygen atoms in total. The highest BCUT2D eigenvalue weighted by atomic mass is 35.5. The van der Waals surface area contributed by atoms with E-state index in [0.717, 1.165) is 18.6 Å². The molecule has 6 heteroatoms. The van der Waals surface area contributed by atoms with Crippen molar-refractivity contribution in [2.24, 2.45) is 5.73 Å². The molecule has 2 rings (SSSR count). The van der Waals surface area contributed by atoms with Crippen LogP contribution < -0.4 is 11.1 Å². The molecule has 1 atom stereocenters. The number of carbonyl (C=O) groups excluding carboxylic acids is 1. The number of anilines is 1. The monoisotopic (exact) mass is 314 g/mol. The van der Waals surface area contributed by atoms with E-state index in [2.05, 4.69) is 5.32 Å². The topological polar surface area (TPSA) is 55.1 Å². The Balaban J connectivity index is 2.25. The fraction of sp³-hybridized carbons (Fsp3) is 0.385. The number of nitrogens with one attached hydrogen (secondary N) is 1. The number of nitrogens with two attached hydrogens (primary N) is 1. The number of thiocarbonyl (C=S) groups is 1. The first-order valence-electron chi connectivity index (χ1n) is 5.97. The predicted octanol–water partition coefficient (Wildman–Crippen LogP) is 3.20. The second kappa shape index (κ2) is 5.69. The van der Waals surface area contributed by atoms with Crippen LogP contribution in [0.15, 0.2) is 18.2 Å². The zero-order valence-electron chi connectivity index (χ0n) is 10.5. The summed E-state index contributed by atoms with van der Waals surface area (Å²) in [6.45, 7) is 1.96. The van der Waals surface area contributed by atoms with Crippen LogP contribution in [0.25, 0.3) is 0 Å². The molecule has 0 aromatic heterocycles. The average Bonchev–Trinajstić information content (AvgIpc) is 2.77. The highest BCUT2D eigenvalue weighted by Gasteiger charge is 2.37. The lowest BCUT2D eigenvalue weighted by atomic mass is 10.0. The van der Waals surface area contributed by atoms with Crippen molar-refractivity contribution >= 4 is 52.2 Å². The summed E-state index contributed by atoms with van der Waals surface area (Å²) >= 11 is 12.6. The lowest BCUT2D eigenvalue weighted by molar-refractivity contribution is -0.118. The van der Waals surface area contributed by atoms with Gasteiger partial charge < -0.3 is 11.1 Å². The number of amides is 1. The molecule has 1 aliphatic heterocycles. The molecule has 1 amide bonds. The van der Waals surface area contributed by atoms with Crippen molar-refractivity contribution in [1.82, 2.24) is 0 Å². The lowest BCUT2D eigenvalue weighted by Crippen LogP contribution is -2.35. The van der Waals surface area contributed by atoms with Crippen molar-refractivity contribution < 1.29 is 4.79 Å². The van der Waals surface area contributed by atoms with Crippen LogP contribution in [0.4, 0.5) is 5.69 Å². The molecule has 1 aliphatic rings. The molecule has 1 aromatic rings. The van der Waals surface area contributed by atoms with E-state index in [1.165, 1.54) is 0 Å². The summed E-state index contributed by atoms with van der Waals surface area (Å²) in [5.41, 5.74) is 6.88. The first kappa shape index (κ1) is 14.6. The molecule has 102 valence electrons. The molecule has 1 unspecified atom stereocenters. The van der Waals surface area contributed by atoms with Gasteiger partial charge in [-0.2, -0.15) is 0 Å². The highest BCUT2D eigenvalue weighted by molar-refractivity contribution is 8.01. The molecule has 1 aromatic carbocycles. The first-order valence-corrected chi connectivity index (χ1v) is 7.74. The van der Waals surface area contributed by atoms with E-state index in [9.17, 15) is 4.79 Å². The normalized spacial score (nSPS) is 22.2. The Hall–Kier alpha value is -0.780. The number of halogens is 1. The van der Waals surface area contributed by atoms with Gasteiger partial charge in [-0.3, -0.25) is 4.79 Å².